The number of Topliss-reactive ketones (excluding diaryl/α,β-unsaturated/α-hetero) is 2. The molecule has 0 aliphatic heterocycles. The number of nitrogens with two attached hydrogens (primary N) is 2. The molecule has 0 spiro atoms. The first-order valence-corrected chi connectivity index (χ1v) is 4.65. The summed E-state index contributed by atoms with van der Waals surface area (Å²) in [7, 11) is 1.62. The predicted octanol–water partition coefficient (Wildman–Crippen LogP) is -1.67. The van der Waals surface area contributed by atoms with Crippen LogP contribution in [0.25, 0.3) is 0 Å². The van der Waals surface area contributed by atoms with E-state index < -0.39 is 23.8 Å². The molecule has 6 nitrogen and oxygen atoms in total. The monoisotopic (exact) mass is 215 g/mol. The Hall–Kier alpha value is -1.27. The van der Waals surface area contributed by atoms with Gasteiger partial charge in [-0.25, -0.2) is 0 Å². The van der Waals surface area contributed by atoms with E-state index in [0.29, 0.717) is 0 Å². The highest BCUT2D eigenvalue weighted by Crippen LogP contribution is 1.98. The second-order valence-corrected chi connectivity index (χ2v) is 3.40. The standard InChI is InChI=1S/C9H17N3O3/c1-5(12-2)7(13)4-8(14)6(10)3-9(11)15/h5-6,12H,3-4,10H2,1-2H3,(H2,11,15)/t5-,6-/m0/s1. The van der Waals surface area contributed by atoms with Crippen LogP contribution < -0.4 is 16.8 Å². The molecule has 0 saturated heterocycles. The molecule has 0 aliphatic carbocycles. The third kappa shape index (κ3) is 5.24. The van der Waals surface area contributed by atoms with Crippen molar-refractivity contribution < 1.29 is 14.4 Å². The van der Waals surface area contributed by atoms with Gasteiger partial charge in [0.15, 0.2) is 11.6 Å². The summed E-state index contributed by atoms with van der Waals surface area (Å²) in [5.74, 6) is -1.35. The van der Waals surface area contributed by atoms with Gasteiger partial charge >= 0.3 is 0 Å². The number of carbonyl (C=O) groups excluding carboxylic acids is 3. The van der Waals surface area contributed by atoms with Crippen molar-refractivity contribution in [3.8, 4) is 0 Å². The first-order chi connectivity index (χ1) is 6.88. The third-order valence-corrected chi connectivity index (χ3v) is 2.10. The average molecular weight is 215 g/mol. The fourth-order valence-electron chi connectivity index (χ4n) is 0.947. The molecule has 86 valence electrons. The highest BCUT2D eigenvalue weighted by atomic mass is 16.2. The predicted molar refractivity (Wildman–Crippen MR) is 54.9 cm³/mol. The van der Waals surface area contributed by atoms with Gasteiger partial charge in [-0.05, 0) is 14.0 Å². The summed E-state index contributed by atoms with van der Waals surface area (Å²) in [6.07, 6.45) is -0.490. The molecule has 0 unspecified atom stereocenters. The largest absolute Gasteiger partial charge is 0.370 e. The van der Waals surface area contributed by atoms with E-state index in [-0.39, 0.29) is 18.6 Å². The lowest BCUT2D eigenvalue weighted by Gasteiger charge is -2.11. The molecule has 15 heavy (non-hydrogen) atoms. The van der Waals surface area contributed by atoms with Crippen LogP contribution in [-0.4, -0.2) is 36.6 Å². The molecule has 0 aliphatic rings. The fraction of sp³-hybridized carbons (Fsp3) is 0.667. The molecule has 0 bridgehead atoms. The minimum Gasteiger partial charge on any atom is -0.370 e. The Labute approximate surface area is 88.4 Å². The topological polar surface area (TPSA) is 115 Å². The van der Waals surface area contributed by atoms with Gasteiger partial charge in [0.2, 0.25) is 5.91 Å². The lowest BCUT2D eigenvalue weighted by molar-refractivity contribution is -0.130. The fourth-order valence-corrected chi connectivity index (χ4v) is 0.947. The van der Waals surface area contributed by atoms with E-state index in [4.69, 9.17) is 11.5 Å². The Bertz CT molecular complexity index is 265. The zero-order valence-electron chi connectivity index (χ0n) is 8.95. The van der Waals surface area contributed by atoms with Gasteiger partial charge < -0.3 is 16.8 Å². The van der Waals surface area contributed by atoms with Crippen molar-refractivity contribution in [3.05, 3.63) is 0 Å². The summed E-state index contributed by atoms with van der Waals surface area (Å²) in [6, 6.07) is -1.37. The van der Waals surface area contributed by atoms with Gasteiger partial charge in [0.1, 0.15) is 0 Å². The number of amides is 1. The number of primary amides is 1. The smallest absolute Gasteiger partial charge is 0.219 e. The lowest BCUT2D eigenvalue weighted by Crippen LogP contribution is -2.39. The first-order valence-electron chi connectivity index (χ1n) is 4.65. The van der Waals surface area contributed by atoms with E-state index >= 15 is 0 Å². The SMILES string of the molecule is CN[C@@H](C)C(=O)CC(=O)[C@@H](N)CC(N)=O. The van der Waals surface area contributed by atoms with Crippen LogP contribution in [-0.2, 0) is 14.4 Å². The molecule has 0 rings (SSSR count). The molecular formula is C9H17N3O3. The van der Waals surface area contributed by atoms with Gasteiger partial charge in [-0.2, -0.15) is 0 Å². The quantitative estimate of drug-likeness (QED) is 0.439. The summed E-state index contributed by atoms with van der Waals surface area (Å²) in [6.45, 7) is 1.65. The second-order valence-electron chi connectivity index (χ2n) is 3.40. The summed E-state index contributed by atoms with van der Waals surface area (Å²) >= 11 is 0. The number of nitrogens with one attached hydrogen (secondary N) is 1. The zero-order valence-corrected chi connectivity index (χ0v) is 8.95. The minimum absolute atomic E-state index is 0.222. The van der Waals surface area contributed by atoms with Gasteiger partial charge in [0, 0.05) is 6.42 Å². The summed E-state index contributed by atoms with van der Waals surface area (Å²) in [5, 5.41) is 2.72. The number of ketones is 2. The van der Waals surface area contributed by atoms with E-state index in [0.717, 1.165) is 0 Å². The molecule has 0 aromatic heterocycles. The molecule has 0 aromatic rings. The van der Waals surface area contributed by atoms with Gasteiger partial charge in [0.05, 0.1) is 18.5 Å². The zero-order chi connectivity index (χ0) is 12.0. The molecule has 6 heteroatoms. The Morgan fingerprint density at radius 2 is 1.80 bits per heavy atom. The Kier molecular flexibility index (Phi) is 5.73. The van der Waals surface area contributed by atoms with Crippen molar-refractivity contribution in [1.29, 1.82) is 0 Å². The molecule has 0 heterocycles. The maximum atomic E-state index is 11.3. The lowest BCUT2D eigenvalue weighted by atomic mass is 10.0. The van der Waals surface area contributed by atoms with E-state index in [1.165, 1.54) is 0 Å². The molecular weight excluding hydrogens is 198 g/mol. The second kappa shape index (κ2) is 6.26. The molecule has 0 fully saturated rings. The van der Waals surface area contributed by atoms with E-state index in [2.05, 4.69) is 5.32 Å². The van der Waals surface area contributed by atoms with Crippen LogP contribution in [0.4, 0.5) is 0 Å². The summed E-state index contributed by atoms with van der Waals surface area (Å²) in [4.78, 5) is 33.1. The molecule has 5 N–H and O–H groups in total. The van der Waals surface area contributed by atoms with Gasteiger partial charge in [-0.3, -0.25) is 14.4 Å². The maximum absolute atomic E-state index is 11.3. The molecule has 0 radical (unpaired) electrons. The Morgan fingerprint density at radius 1 is 1.27 bits per heavy atom. The van der Waals surface area contributed by atoms with Gasteiger partial charge in [0.25, 0.3) is 0 Å². The molecule has 1 amide bonds. The number of carbonyl (C=O) groups is 3. The average Bonchev–Trinajstić information content (AvgIpc) is 2.15. The molecule has 0 aromatic carbocycles. The van der Waals surface area contributed by atoms with Crippen molar-refractivity contribution in [2.75, 3.05) is 7.05 Å². The maximum Gasteiger partial charge on any atom is 0.219 e. The van der Waals surface area contributed by atoms with E-state index in [1.54, 1.807) is 14.0 Å². The van der Waals surface area contributed by atoms with Crippen molar-refractivity contribution in [2.45, 2.75) is 31.8 Å². The summed E-state index contributed by atoms with van der Waals surface area (Å²) in [5.41, 5.74) is 10.3. The van der Waals surface area contributed by atoms with Crippen LogP contribution in [0.5, 0.6) is 0 Å². The van der Waals surface area contributed by atoms with Crippen molar-refractivity contribution in [3.63, 3.8) is 0 Å². The van der Waals surface area contributed by atoms with E-state index in [9.17, 15) is 14.4 Å². The van der Waals surface area contributed by atoms with Crippen LogP contribution >= 0.6 is 0 Å². The van der Waals surface area contributed by atoms with Crippen LogP contribution in [0.3, 0.4) is 0 Å². The van der Waals surface area contributed by atoms with Gasteiger partial charge in [-0.1, -0.05) is 0 Å². The van der Waals surface area contributed by atoms with Crippen LogP contribution in [0.2, 0.25) is 0 Å². The minimum atomic E-state index is -0.976. The third-order valence-electron chi connectivity index (χ3n) is 2.10. The van der Waals surface area contributed by atoms with Crippen molar-refractivity contribution in [2.24, 2.45) is 11.5 Å². The van der Waals surface area contributed by atoms with E-state index in [1.807, 2.05) is 0 Å². The molecule has 0 saturated carbocycles. The highest BCUT2D eigenvalue weighted by Gasteiger charge is 2.21. The Morgan fingerprint density at radius 3 is 2.20 bits per heavy atom. The number of hydrogen-bond acceptors (Lipinski definition) is 5. The summed E-state index contributed by atoms with van der Waals surface area (Å²) < 4.78 is 0. The first kappa shape index (κ1) is 13.7. The Balaban J connectivity index is 4.13. The van der Waals surface area contributed by atoms with Crippen LogP contribution in [0.1, 0.15) is 19.8 Å². The molecule has 2 atom stereocenters. The number of hydrogen-bond donors (Lipinski definition) is 3. The number of likely N-dealkylation sites (N-methyl/N-ethyl adjacent to an activating group) is 1. The van der Waals surface area contributed by atoms with Gasteiger partial charge in [-0.15, -0.1) is 0 Å². The van der Waals surface area contributed by atoms with Crippen molar-refractivity contribution >= 4 is 17.5 Å². The van der Waals surface area contributed by atoms with Crippen LogP contribution in [0.15, 0.2) is 0 Å². The van der Waals surface area contributed by atoms with Crippen LogP contribution in [0, 0.1) is 0 Å². The van der Waals surface area contributed by atoms with Crippen molar-refractivity contribution in [1.82, 2.24) is 5.32 Å². The normalized spacial score (nSPS) is 14.3. The number of rotatable bonds is 7. The highest BCUT2D eigenvalue weighted by molar-refractivity contribution is 6.04.